The number of piperazine rings is 1. The maximum absolute atomic E-state index is 14.7. The molecule has 3 atom stereocenters. The monoisotopic (exact) mass is 494 g/mol. The smallest absolute Gasteiger partial charge is 0.411 e. The van der Waals surface area contributed by atoms with Crippen molar-refractivity contribution in [3.05, 3.63) is 23.8 Å². The minimum Gasteiger partial charge on any atom is -0.460 e. The number of ether oxygens (including phenoxy) is 2. The van der Waals surface area contributed by atoms with Crippen LogP contribution in [0.15, 0.2) is 12.1 Å². The molecule has 2 bridgehead atoms. The molecular weight excluding hydrogens is 462 g/mol. The number of carbonyl (C=O) groups is 1. The van der Waals surface area contributed by atoms with Crippen LogP contribution in [0.4, 0.5) is 19.4 Å². The number of carbonyl (C=O) groups excluding carboxylic acids is 1. The Labute approximate surface area is 202 Å². The molecule has 1 aromatic carbocycles. The van der Waals surface area contributed by atoms with E-state index < -0.39 is 35.0 Å². The van der Waals surface area contributed by atoms with Crippen molar-refractivity contribution in [2.45, 2.75) is 70.2 Å². The fraction of sp³-hybridized carbons (Fsp3) is 0.625. The molecule has 192 valence electrons. The second-order valence-electron chi connectivity index (χ2n) is 11.0. The van der Waals surface area contributed by atoms with Crippen molar-refractivity contribution < 1.29 is 33.3 Å². The van der Waals surface area contributed by atoms with Gasteiger partial charge in [0.1, 0.15) is 35.0 Å². The SMILES string of the molecule is CC(O)(CO)COc1nc(N2C[C@H]3CC[C@@](C)(C2)N3C(=O)OC(C)(C)C)c2cc(F)cc(F)c2n1. The Morgan fingerprint density at radius 1 is 1.26 bits per heavy atom. The van der Waals surface area contributed by atoms with Gasteiger partial charge in [-0.1, -0.05) is 0 Å². The van der Waals surface area contributed by atoms with Gasteiger partial charge in [0.2, 0.25) is 0 Å². The number of anilines is 1. The molecule has 2 aromatic rings. The van der Waals surface area contributed by atoms with Gasteiger partial charge < -0.3 is 24.6 Å². The van der Waals surface area contributed by atoms with Crippen LogP contribution in [0.25, 0.3) is 10.9 Å². The molecule has 0 saturated carbocycles. The topological polar surface area (TPSA) is 108 Å². The summed E-state index contributed by atoms with van der Waals surface area (Å²) in [6.07, 6.45) is 1.10. The Morgan fingerprint density at radius 3 is 2.60 bits per heavy atom. The fourth-order valence-corrected chi connectivity index (χ4v) is 4.76. The third-order valence-electron chi connectivity index (χ3n) is 6.35. The van der Waals surface area contributed by atoms with E-state index in [1.807, 2.05) is 32.6 Å². The molecule has 1 unspecified atom stereocenters. The van der Waals surface area contributed by atoms with Crippen molar-refractivity contribution in [2.24, 2.45) is 0 Å². The van der Waals surface area contributed by atoms with E-state index in [1.54, 1.807) is 4.90 Å². The van der Waals surface area contributed by atoms with Crippen molar-refractivity contribution >= 4 is 22.8 Å². The Morgan fingerprint density at radius 2 is 1.97 bits per heavy atom. The van der Waals surface area contributed by atoms with E-state index >= 15 is 0 Å². The number of benzene rings is 1. The van der Waals surface area contributed by atoms with E-state index in [0.717, 1.165) is 18.9 Å². The molecular formula is C24H32F2N4O5. The largest absolute Gasteiger partial charge is 0.460 e. The van der Waals surface area contributed by atoms with Crippen molar-refractivity contribution in [2.75, 3.05) is 31.2 Å². The van der Waals surface area contributed by atoms with Crippen LogP contribution in [-0.2, 0) is 4.74 Å². The normalized spacial score (nSPS) is 24.0. The molecule has 0 radical (unpaired) electrons. The predicted octanol–water partition coefficient (Wildman–Crippen LogP) is 3.01. The van der Waals surface area contributed by atoms with Gasteiger partial charge in [0, 0.05) is 24.5 Å². The Hall–Kier alpha value is -2.79. The van der Waals surface area contributed by atoms with Crippen molar-refractivity contribution in [3.63, 3.8) is 0 Å². The Balaban J connectivity index is 1.71. The summed E-state index contributed by atoms with van der Waals surface area (Å²) in [4.78, 5) is 25.2. The molecule has 35 heavy (non-hydrogen) atoms. The quantitative estimate of drug-likeness (QED) is 0.653. The molecule has 1 aromatic heterocycles. The van der Waals surface area contributed by atoms with Crippen molar-refractivity contribution in [1.82, 2.24) is 14.9 Å². The number of halogens is 2. The van der Waals surface area contributed by atoms with Gasteiger partial charge in [-0.25, -0.2) is 13.6 Å². The average molecular weight is 495 g/mol. The molecule has 0 aliphatic carbocycles. The molecule has 0 spiro atoms. The number of nitrogens with zero attached hydrogens (tertiary/aromatic N) is 4. The standard InChI is InChI=1S/C24H32F2N4O5/c1-22(2,3)35-21(32)30-15-6-7-23(30,4)11-29(10-15)19-16-8-14(25)9-17(26)18(16)27-20(28-19)34-13-24(5,33)12-31/h8-9,15,31,33H,6-7,10-13H2,1-5H3/t15-,23+,24?/m1/s1. The number of rotatable bonds is 5. The number of aromatic nitrogens is 2. The zero-order chi connectivity index (χ0) is 25.8. The van der Waals surface area contributed by atoms with Gasteiger partial charge in [0.05, 0.1) is 18.2 Å². The lowest BCUT2D eigenvalue weighted by atomic mass is 9.97. The van der Waals surface area contributed by atoms with Crippen LogP contribution in [0.3, 0.4) is 0 Å². The van der Waals surface area contributed by atoms with Gasteiger partial charge in [-0.3, -0.25) is 4.90 Å². The molecule has 3 heterocycles. The zero-order valence-electron chi connectivity index (χ0n) is 20.6. The number of amides is 1. The Kier molecular flexibility index (Phi) is 6.29. The third-order valence-corrected chi connectivity index (χ3v) is 6.35. The van der Waals surface area contributed by atoms with Gasteiger partial charge in [0.25, 0.3) is 0 Å². The lowest BCUT2D eigenvalue weighted by Crippen LogP contribution is -2.63. The molecule has 2 aliphatic heterocycles. The van der Waals surface area contributed by atoms with E-state index in [1.165, 1.54) is 13.0 Å². The number of hydrogen-bond acceptors (Lipinski definition) is 8. The first kappa shape index (κ1) is 25.3. The number of aliphatic hydroxyl groups is 2. The van der Waals surface area contributed by atoms with E-state index in [2.05, 4.69) is 9.97 Å². The van der Waals surface area contributed by atoms with Gasteiger partial charge >= 0.3 is 12.1 Å². The minimum atomic E-state index is -1.55. The summed E-state index contributed by atoms with van der Waals surface area (Å²) in [5.41, 5.74) is -2.88. The maximum Gasteiger partial charge on any atom is 0.411 e. The van der Waals surface area contributed by atoms with Crippen LogP contribution in [0, 0.1) is 11.6 Å². The summed E-state index contributed by atoms with van der Waals surface area (Å²) in [6, 6.07) is 1.52. The van der Waals surface area contributed by atoms with Gasteiger partial charge in [-0.2, -0.15) is 9.97 Å². The first-order chi connectivity index (χ1) is 16.2. The highest BCUT2D eigenvalue weighted by Crippen LogP contribution is 2.42. The molecule has 2 N–H and O–H groups in total. The molecule has 11 heteroatoms. The van der Waals surface area contributed by atoms with E-state index in [-0.39, 0.29) is 41.5 Å². The van der Waals surface area contributed by atoms with Crippen molar-refractivity contribution in [3.8, 4) is 6.01 Å². The highest BCUT2D eigenvalue weighted by molar-refractivity contribution is 5.90. The average Bonchev–Trinajstić information content (AvgIpc) is 2.96. The third kappa shape index (κ3) is 5.11. The summed E-state index contributed by atoms with van der Waals surface area (Å²) < 4.78 is 40.0. The lowest BCUT2D eigenvalue weighted by molar-refractivity contribution is -0.0345. The van der Waals surface area contributed by atoms with Crippen molar-refractivity contribution in [1.29, 1.82) is 0 Å². The minimum absolute atomic E-state index is 0.123. The summed E-state index contributed by atoms with van der Waals surface area (Å²) in [6.45, 7) is 8.64. The van der Waals surface area contributed by atoms with Crippen LogP contribution in [-0.4, -0.2) is 80.3 Å². The molecule has 2 saturated heterocycles. The van der Waals surface area contributed by atoms with E-state index in [9.17, 15) is 23.8 Å². The summed E-state index contributed by atoms with van der Waals surface area (Å²) in [5.74, 6) is -1.36. The van der Waals surface area contributed by atoms with Crippen LogP contribution in [0.2, 0.25) is 0 Å². The fourth-order valence-electron chi connectivity index (χ4n) is 4.76. The Bertz CT molecular complexity index is 1140. The number of aliphatic hydroxyl groups excluding tert-OH is 1. The van der Waals surface area contributed by atoms with E-state index in [0.29, 0.717) is 13.1 Å². The van der Waals surface area contributed by atoms with Crippen LogP contribution in [0.1, 0.15) is 47.5 Å². The molecule has 2 aliphatic rings. The molecule has 4 rings (SSSR count). The second-order valence-corrected chi connectivity index (χ2v) is 11.0. The highest BCUT2D eigenvalue weighted by Gasteiger charge is 2.52. The predicted molar refractivity (Wildman–Crippen MR) is 124 cm³/mol. The highest BCUT2D eigenvalue weighted by atomic mass is 19.1. The van der Waals surface area contributed by atoms with Crippen LogP contribution >= 0.6 is 0 Å². The first-order valence-corrected chi connectivity index (χ1v) is 11.6. The van der Waals surface area contributed by atoms with E-state index in [4.69, 9.17) is 9.47 Å². The summed E-state index contributed by atoms with van der Waals surface area (Å²) in [7, 11) is 0. The number of fused-ring (bicyclic) bond motifs is 3. The summed E-state index contributed by atoms with van der Waals surface area (Å²) in [5, 5.41) is 19.5. The van der Waals surface area contributed by atoms with Gasteiger partial charge in [-0.05, 0) is 53.5 Å². The second kappa shape index (κ2) is 8.70. The summed E-state index contributed by atoms with van der Waals surface area (Å²) >= 11 is 0. The van der Waals surface area contributed by atoms with Crippen LogP contribution in [0.5, 0.6) is 6.01 Å². The zero-order valence-corrected chi connectivity index (χ0v) is 20.6. The molecule has 1 amide bonds. The molecule has 9 nitrogen and oxygen atoms in total. The number of hydrogen-bond donors (Lipinski definition) is 2. The van der Waals surface area contributed by atoms with Crippen LogP contribution < -0.4 is 9.64 Å². The van der Waals surface area contributed by atoms with Gasteiger partial charge in [-0.15, -0.1) is 0 Å². The molecule has 2 fully saturated rings. The van der Waals surface area contributed by atoms with Gasteiger partial charge in [0.15, 0.2) is 5.82 Å². The lowest BCUT2D eigenvalue weighted by Gasteiger charge is -2.47. The first-order valence-electron chi connectivity index (χ1n) is 11.6. The maximum atomic E-state index is 14.7.